The normalized spacial score (nSPS) is 21.8. The number of nitrogens with one attached hydrogen (secondary N) is 2. The van der Waals surface area contributed by atoms with E-state index in [1.54, 1.807) is 18.9 Å². The Bertz CT molecular complexity index is 1220. The lowest BCUT2D eigenvalue weighted by Crippen LogP contribution is -2.37. The first-order chi connectivity index (χ1) is 16.8. The van der Waals surface area contributed by atoms with Gasteiger partial charge in [-0.25, -0.2) is 4.98 Å². The second-order valence-corrected chi connectivity index (χ2v) is 11.2. The number of allylic oxidation sites excluding steroid dienone is 2. The summed E-state index contributed by atoms with van der Waals surface area (Å²) >= 11 is 1.54. The van der Waals surface area contributed by atoms with Gasteiger partial charge in [0.2, 0.25) is 0 Å². The number of Topliss-reactive ketones (excluding diaryl/α,β-unsaturated/α-hetero) is 1. The van der Waals surface area contributed by atoms with Crippen molar-refractivity contribution in [1.82, 2.24) is 14.9 Å². The molecule has 0 spiro atoms. The van der Waals surface area contributed by atoms with Gasteiger partial charge in [0.05, 0.1) is 25.9 Å². The topological polar surface area (TPSA) is 96.5 Å². The molecular weight excluding hydrogens is 464 g/mol. The van der Waals surface area contributed by atoms with Gasteiger partial charge in [-0.1, -0.05) is 37.7 Å². The number of carbonyl (C=O) groups excluding carboxylic acids is 1. The second kappa shape index (κ2) is 9.79. The maximum Gasteiger partial charge on any atom is 0.257 e. The van der Waals surface area contributed by atoms with Gasteiger partial charge < -0.3 is 19.8 Å². The van der Waals surface area contributed by atoms with E-state index in [-0.39, 0.29) is 16.8 Å². The van der Waals surface area contributed by atoms with Crippen molar-refractivity contribution >= 4 is 23.4 Å². The van der Waals surface area contributed by atoms with Crippen LogP contribution in [0.2, 0.25) is 0 Å². The fourth-order valence-corrected chi connectivity index (χ4v) is 6.08. The molecule has 1 unspecified atom stereocenters. The molecule has 8 nitrogen and oxygen atoms in total. The van der Waals surface area contributed by atoms with Gasteiger partial charge in [-0.05, 0) is 29.5 Å². The van der Waals surface area contributed by atoms with Crippen LogP contribution in [-0.4, -0.2) is 66.4 Å². The van der Waals surface area contributed by atoms with Crippen LogP contribution in [-0.2, 0) is 9.53 Å². The number of fused-ring (bicyclic) bond motifs is 1. The highest BCUT2D eigenvalue weighted by molar-refractivity contribution is 7.99. The van der Waals surface area contributed by atoms with Crippen molar-refractivity contribution in [1.29, 1.82) is 0 Å². The van der Waals surface area contributed by atoms with Crippen LogP contribution in [0.5, 0.6) is 5.75 Å². The fraction of sp³-hybridized carbons (Fsp3) is 0.500. The number of rotatable bonds is 6. The monoisotopic (exact) mass is 496 g/mol. The molecule has 35 heavy (non-hydrogen) atoms. The van der Waals surface area contributed by atoms with E-state index >= 15 is 0 Å². The van der Waals surface area contributed by atoms with Crippen molar-refractivity contribution in [3.8, 4) is 5.75 Å². The molecule has 5 rings (SSSR count). The van der Waals surface area contributed by atoms with E-state index in [2.05, 4.69) is 29.0 Å². The summed E-state index contributed by atoms with van der Waals surface area (Å²) in [6.45, 7) is 8.50. The number of thioether (sulfide) groups is 1. The number of ether oxygens (including phenoxy) is 2. The number of aromatic nitrogens is 2. The van der Waals surface area contributed by atoms with E-state index in [0.29, 0.717) is 34.3 Å². The molecule has 1 aromatic heterocycles. The number of aromatic amines is 1. The summed E-state index contributed by atoms with van der Waals surface area (Å²) < 4.78 is 10.9. The van der Waals surface area contributed by atoms with E-state index in [1.165, 1.54) is 0 Å². The third kappa shape index (κ3) is 5.03. The summed E-state index contributed by atoms with van der Waals surface area (Å²) in [6, 6.07) is 7.61. The van der Waals surface area contributed by atoms with Crippen molar-refractivity contribution in [3.05, 3.63) is 57.0 Å². The number of methoxy groups -OCH3 is 1. The molecule has 1 saturated heterocycles. The number of ketones is 1. The number of hydrogen-bond donors (Lipinski definition) is 2. The van der Waals surface area contributed by atoms with Crippen LogP contribution in [0.1, 0.15) is 43.7 Å². The van der Waals surface area contributed by atoms with Crippen LogP contribution in [0, 0.1) is 5.41 Å². The van der Waals surface area contributed by atoms with Crippen LogP contribution in [0.25, 0.3) is 0 Å². The highest BCUT2D eigenvalue weighted by atomic mass is 32.2. The van der Waals surface area contributed by atoms with Crippen LogP contribution in [0.4, 0.5) is 5.82 Å². The minimum Gasteiger partial charge on any atom is -0.497 e. The number of anilines is 1. The van der Waals surface area contributed by atoms with E-state index in [9.17, 15) is 9.59 Å². The van der Waals surface area contributed by atoms with E-state index in [4.69, 9.17) is 14.5 Å². The van der Waals surface area contributed by atoms with Gasteiger partial charge in [0.15, 0.2) is 10.9 Å². The Labute approximate surface area is 209 Å². The van der Waals surface area contributed by atoms with Gasteiger partial charge in [0.1, 0.15) is 11.6 Å². The number of nitrogens with zero attached hydrogens (tertiary/aromatic N) is 2. The van der Waals surface area contributed by atoms with Crippen LogP contribution < -0.4 is 15.6 Å². The van der Waals surface area contributed by atoms with Crippen molar-refractivity contribution in [3.63, 3.8) is 0 Å². The van der Waals surface area contributed by atoms with Crippen molar-refractivity contribution < 1.29 is 14.3 Å². The Morgan fingerprint density at radius 2 is 2.03 bits per heavy atom. The number of morpholine rings is 1. The molecule has 2 aliphatic heterocycles. The summed E-state index contributed by atoms with van der Waals surface area (Å²) in [5.74, 6) is 1.64. The molecule has 1 aliphatic carbocycles. The lowest BCUT2D eigenvalue weighted by Gasteiger charge is -2.38. The standard InChI is InChI=1S/C26H32N4O4S/c1-26(2)14-18-21(19(31)15-26)20(16-5-4-6-17(13-16)33-3)22-23(27-18)28-25(29-24(22)32)35-12-9-30-7-10-34-11-8-30/h4-6,13,20H,7-12,14-15H2,1-3H3,(H2,27,28,29,32). The van der Waals surface area contributed by atoms with E-state index in [1.807, 2.05) is 24.3 Å². The first kappa shape index (κ1) is 24.1. The van der Waals surface area contributed by atoms with Crippen LogP contribution >= 0.6 is 11.8 Å². The number of benzene rings is 1. The molecule has 0 radical (unpaired) electrons. The number of H-pyrrole nitrogens is 1. The highest BCUT2D eigenvalue weighted by Crippen LogP contribution is 2.48. The summed E-state index contributed by atoms with van der Waals surface area (Å²) in [5, 5.41) is 3.98. The zero-order chi connectivity index (χ0) is 24.6. The number of carbonyl (C=O) groups is 1. The van der Waals surface area contributed by atoms with E-state index < -0.39 is 5.92 Å². The molecule has 0 bridgehead atoms. The summed E-state index contributed by atoms with van der Waals surface area (Å²) in [7, 11) is 1.61. The Balaban J connectivity index is 1.50. The summed E-state index contributed by atoms with van der Waals surface area (Å²) in [5.41, 5.74) is 2.51. The second-order valence-electron chi connectivity index (χ2n) is 10.1. The molecule has 2 N–H and O–H groups in total. The first-order valence-electron chi connectivity index (χ1n) is 12.1. The summed E-state index contributed by atoms with van der Waals surface area (Å²) in [6.07, 6.45) is 1.17. The van der Waals surface area contributed by atoms with Crippen molar-refractivity contribution in [2.24, 2.45) is 5.41 Å². The van der Waals surface area contributed by atoms with Crippen LogP contribution in [0.3, 0.4) is 0 Å². The lowest BCUT2D eigenvalue weighted by atomic mass is 9.69. The van der Waals surface area contributed by atoms with Gasteiger partial charge in [-0.2, -0.15) is 0 Å². The molecule has 1 atom stereocenters. The Morgan fingerprint density at radius 3 is 2.80 bits per heavy atom. The molecule has 3 aliphatic rings. The molecule has 3 heterocycles. The third-order valence-electron chi connectivity index (χ3n) is 6.88. The average molecular weight is 497 g/mol. The Hall–Kier alpha value is -2.62. The molecule has 0 saturated carbocycles. The van der Waals surface area contributed by atoms with Gasteiger partial charge in [-0.15, -0.1) is 0 Å². The minimum atomic E-state index is -0.483. The smallest absolute Gasteiger partial charge is 0.257 e. The predicted octanol–water partition coefficient (Wildman–Crippen LogP) is 3.40. The Morgan fingerprint density at radius 1 is 1.23 bits per heavy atom. The quantitative estimate of drug-likeness (QED) is 0.464. The number of hydrogen-bond acceptors (Lipinski definition) is 8. The molecule has 2 aromatic rings. The molecule has 186 valence electrons. The third-order valence-corrected chi connectivity index (χ3v) is 7.73. The van der Waals surface area contributed by atoms with Gasteiger partial charge >= 0.3 is 0 Å². The maximum absolute atomic E-state index is 13.5. The van der Waals surface area contributed by atoms with E-state index in [0.717, 1.165) is 56.3 Å². The lowest BCUT2D eigenvalue weighted by molar-refractivity contribution is -0.118. The highest BCUT2D eigenvalue weighted by Gasteiger charge is 2.42. The van der Waals surface area contributed by atoms with Crippen LogP contribution in [0.15, 0.2) is 45.5 Å². The molecule has 1 fully saturated rings. The Kier molecular flexibility index (Phi) is 6.74. The van der Waals surface area contributed by atoms with Gasteiger partial charge in [-0.3, -0.25) is 14.5 Å². The maximum atomic E-state index is 13.5. The zero-order valence-corrected chi connectivity index (χ0v) is 21.3. The SMILES string of the molecule is COc1cccc(C2C3=C(CC(C)(C)CC3=O)Nc3nc(SCCN4CCOCC4)[nH]c(=O)c32)c1. The first-order valence-corrected chi connectivity index (χ1v) is 13.1. The minimum absolute atomic E-state index is 0.0746. The molecule has 0 amide bonds. The molecular formula is C26H32N4O4S. The molecule has 1 aromatic carbocycles. The van der Waals surface area contributed by atoms with Gasteiger partial charge in [0, 0.05) is 49.0 Å². The predicted molar refractivity (Wildman–Crippen MR) is 136 cm³/mol. The fourth-order valence-electron chi connectivity index (χ4n) is 5.21. The molecule has 9 heteroatoms. The van der Waals surface area contributed by atoms with Crippen molar-refractivity contribution in [2.45, 2.75) is 37.8 Å². The largest absolute Gasteiger partial charge is 0.497 e. The summed E-state index contributed by atoms with van der Waals surface area (Å²) in [4.78, 5) is 37.0. The zero-order valence-electron chi connectivity index (χ0n) is 20.5. The van der Waals surface area contributed by atoms with Gasteiger partial charge in [0.25, 0.3) is 5.56 Å². The average Bonchev–Trinajstić information content (AvgIpc) is 2.82. The van der Waals surface area contributed by atoms with Crippen molar-refractivity contribution in [2.75, 3.05) is 51.0 Å².